The molecule has 3 rings (SSSR count). The number of fused-ring (bicyclic) bond motifs is 1. The summed E-state index contributed by atoms with van der Waals surface area (Å²) in [5, 5.41) is 5.89. The molecule has 0 saturated carbocycles. The van der Waals surface area contributed by atoms with Crippen LogP contribution in [0.1, 0.15) is 11.1 Å². The summed E-state index contributed by atoms with van der Waals surface area (Å²) in [7, 11) is 0. The standard InChI is InChI=1S/C15H14N2/c1-11-8-9-12(2)15-14(11)10-17(16-15)13-6-4-3-5-7-13/h3-10H,1-2H3. The van der Waals surface area contributed by atoms with E-state index in [2.05, 4.69) is 49.4 Å². The molecule has 0 atom stereocenters. The molecule has 0 spiro atoms. The second kappa shape index (κ2) is 3.74. The summed E-state index contributed by atoms with van der Waals surface area (Å²) in [6.07, 6.45) is 2.10. The van der Waals surface area contributed by atoms with Crippen molar-refractivity contribution in [1.29, 1.82) is 0 Å². The summed E-state index contributed by atoms with van der Waals surface area (Å²) in [6, 6.07) is 14.5. The first-order chi connectivity index (χ1) is 8.25. The number of para-hydroxylation sites is 1. The monoisotopic (exact) mass is 222 g/mol. The highest BCUT2D eigenvalue weighted by molar-refractivity contribution is 5.84. The van der Waals surface area contributed by atoms with Crippen molar-refractivity contribution in [2.45, 2.75) is 13.8 Å². The topological polar surface area (TPSA) is 17.8 Å². The summed E-state index contributed by atoms with van der Waals surface area (Å²) in [5.41, 5.74) is 4.68. The molecular formula is C15H14N2. The molecule has 17 heavy (non-hydrogen) atoms. The number of benzene rings is 2. The smallest absolute Gasteiger partial charge is 0.0959 e. The van der Waals surface area contributed by atoms with Crippen LogP contribution in [-0.4, -0.2) is 9.78 Å². The van der Waals surface area contributed by atoms with E-state index in [1.54, 1.807) is 0 Å². The van der Waals surface area contributed by atoms with Crippen LogP contribution >= 0.6 is 0 Å². The fraction of sp³-hybridized carbons (Fsp3) is 0.133. The highest BCUT2D eigenvalue weighted by Crippen LogP contribution is 2.22. The number of aromatic nitrogens is 2. The van der Waals surface area contributed by atoms with E-state index in [9.17, 15) is 0 Å². The maximum Gasteiger partial charge on any atom is 0.0959 e. The molecule has 0 unspecified atom stereocenters. The molecule has 1 aromatic heterocycles. The van der Waals surface area contributed by atoms with Crippen LogP contribution in [0.4, 0.5) is 0 Å². The minimum Gasteiger partial charge on any atom is -0.240 e. The van der Waals surface area contributed by atoms with E-state index < -0.39 is 0 Å². The molecule has 0 saturated heterocycles. The lowest BCUT2D eigenvalue weighted by atomic mass is 10.1. The average molecular weight is 222 g/mol. The Bertz CT molecular complexity index is 627. The third-order valence-corrected chi connectivity index (χ3v) is 3.12. The molecule has 0 bridgehead atoms. The molecule has 3 aromatic rings. The van der Waals surface area contributed by atoms with Crippen molar-refractivity contribution < 1.29 is 0 Å². The lowest BCUT2D eigenvalue weighted by Crippen LogP contribution is -1.93. The van der Waals surface area contributed by atoms with Crippen molar-refractivity contribution in [3.8, 4) is 5.69 Å². The lowest BCUT2D eigenvalue weighted by molar-refractivity contribution is 0.895. The van der Waals surface area contributed by atoms with Gasteiger partial charge in [0.25, 0.3) is 0 Å². The van der Waals surface area contributed by atoms with Gasteiger partial charge < -0.3 is 0 Å². The van der Waals surface area contributed by atoms with Crippen molar-refractivity contribution in [1.82, 2.24) is 9.78 Å². The van der Waals surface area contributed by atoms with Crippen molar-refractivity contribution in [2.75, 3.05) is 0 Å². The molecule has 0 amide bonds. The van der Waals surface area contributed by atoms with Crippen LogP contribution in [0, 0.1) is 13.8 Å². The van der Waals surface area contributed by atoms with E-state index in [4.69, 9.17) is 0 Å². The van der Waals surface area contributed by atoms with Crippen LogP contribution in [0.5, 0.6) is 0 Å². The van der Waals surface area contributed by atoms with Gasteiger partial charge in [-0.2, -0.15) is 5.10 Å². The molecule has 0 radical (unpaired) electrons. The van der Waals surface area contributed by atoms with E-state index in [1.165, 1.54) is 16.5 Å². The summed E-state index contributed by atoms with van der Waals surface area (Å²) in [6.45, 7) is 4.23. The first-order valence-electron chi connectivity index (χ1n) is 5.77. The minimum absolute atomic E-state index is 1.09. The molecule has 0 aliphatic heterocycles. The average Bonchev–Trinajstić information content (AvgIpc) is 2.81. The molecule has 2 aromatic carbocycles. The van der Waals surface area contributed by atoms with Crippen LogP contribution in [0.3, 0.4) is 0 Å². The third-order valence-electron chi connectivity index (χ3n) is 3.12. The van der Waals surface area contributed by atoms with Crippen molar-refractivity contribution in [2.24, 2.45) is 0 Å². The van der Waals surface area contributed by atoms with Gasteiger partial charge in [-0.05, 0) is 37.1 Å². The third kappa shape index (κ3) is 1.62. The van der Waals surface area contributed by atoms with Crippen molar-refractivity contribution >= 4 is 10.9 Å². The summed E-state index contributed by atoms with van der Waals surface area (Å²) in [4.78, 5) is 0. The molecular weight excluding hydrogens is 208 g/mol. The van der Waals surface area contributed by atoms with Gasteiger partial charge in [-0.15, -0.1) is 0 Å². The first-order valence-corrected chi connectivity index (χ1v) is 5.77. The number of hydrogen-bond donors (Lipinski definition) is 0. The van der Waals surface area contributed by atoms with E-state index in [1.807, 2.05) is 22.9 Å². The number of nitrogens with zero attached hydrogens (tertiary/aromatic N) is 2. The van der Waals surface area contributed by atoms with Gasteiger partial charge in [0.1, 0.15) is 0 Å². The molecule has 0 fully saturated rings. The normalized spacial score (nSPS) is 10.9. The Balaban J connectivity index is 2.27. The quantitative estimate of drug-likeness (QED) is 0.614. The Morgan fingerprint density at radius 1 is 0.882 bits per heavy atom. The van der Waals surface area contributed by atoms with Crippen molar-refractivity contribution in [3.05, 3.63) is 59.8 Å². The predicted octanol–water partition coefficient (Wildman–Crippen LogP) is 3.64. The van der Waals surface area contributed by atoms with E-state index in [0.29, 0.717) is 0 Å². The van der Waals surface area contributed by atoms with Crippen LogP contribution in [-0.2, 0) is 0 Å². The van der Waals surface area contributed by atoms with Gasteiger partial charge in [0.15, 0.2) is 0 Å². The molecule has 0 aliphatic carbocycles. The molecule has 2 heteroatoms. The molecule has 1 heterocycles. The van der Waals surface area contributed by atoms with Crippen molar-refractivity contribution in [3.63, 3.8) is 0 Å². The fourth-order valence-corrected chi connectivity index (χ4v) is 2.09. The van der Waals surface area contributed by atoms with Crippen LogP contribution < -0.4 is 0 Å². The van der Waals surface area contributed by atoms with Gasteiger partial charge in [-0.1, -0.05) is 30.3 Å². The van der Waals surface area contributed by atoms with Gasteiger partial charge in [0.05, 0.1) is 11.2 Å². The Morgan fingerprint density at radius 3 is 2.29 bits per heavy atom. The molecule has 2 nitrogen and oxygen atoms in total. The van der Waals surface area contributed by atoms with Gasteiger partial charge in [-0.3, -0.25) is 0 Å². The minimum atomic E-state index is 1.09. The van der Waals surface area contributed by atoms with Gasteiger partial charge >= 0.3 is 0 Å². The van der Waals surface area contributed by atoms with E-state index >= 15 is 0 Å². The van der Waals surface area contributed by atoms with E-state index in [-0.39, 0.29) is 0 Å². The summed E-state index contributed by atoms with van der Waals surface area (Å²) >= 11 is 0. The summed E-state index contributed by atoms with van der Waals surface area (Å²) in [5.74, 6) is 0. The highest BCUT2D eigenvalue weighted by atomic mass is 15.3. The molecule has 0 N–H and O–H groups in total. The zero-order chi connectivity index (χ0) is 11.8. The van der Waals surface area contributed by atoms with Gasteiger partial charge in [0.2, 0.25) is 0 Å². The zero-order valence-corrected chi connectivity index (χ0v) is 10.0. The number of aryl methyl sites for hydroxylation is 2. The maximum absolute atomic E-state index is 4.66. The Hall–Kier alpha value is -2.09. The Labute approximate surface area is 101 Å². The predicted molar refractivity (Wildman–Crippen MR) is 70.5 cm³/mol. The molecule has 84 valence electrons. The van der Waals surface area contributed by atoms with Crippen LogP contribution in [0.25, 0.3) is 16.6 Å². The Morgan fingerprint density at radius 2 is 1.59 bits per heavy atom. The number of rotatable bonds is 1. The Kier molecular flexibility index (Phi) is 2.22. The first kappa shape index (κ1) is 10.1. The maximum atomic E-state index is 4.66. The van der Waals surface area contributed by atoms with Gasteiger partial charge in [0, 0.05) is 11.6 Å². The largest absolute Gasteiger partial charge is 0.240 e. The fourth-order valence-electron chi connectivity index (χ4n) is 2.09. The summed E-state index contributed by atoms with van der Waals surface area (Å²) < 4.78 is 1.95. The number of hydrogen-bond acceptors (Lipinski definition) is 1. The zero-order valence-electron chi connectivity index (χ0n) is 10.0. The van der Waals surface area contributed by atoms with Crippen LogP contribution in [0.15, 0.2) is 48.7 Å². The SMILES string of the molecule is Cc1ccc(C)c2nn(-c3ccccc3)cc12. The lowest BCUT2D eigenvalue weighted by Gasteiger charge is -1.98. The van der Waals surface area contributed by atoms with E-state index in [0.717, 1.165) is 11.2 Å². The second-order valence-corrected chi connectivity index (χ2v) is 4.37. The molecule has 0 aliphatic rings. The van der Waals surface area contributed by atoms with Crippen LogP contribution in [0.2, 0.25) is 0 Å². The second-order valence-electron chi connectivity index (χ2n) is 4.37. The van der Waals surface area contributed by atoms with Gasteiger partial charge in [-0.25, -0.2) is 4.68 Å². The highest BCUT2D eigenvalue weighted by Gasteiger charge is 2.06.